The highest BCUT2D eigenvalue weighted by atomic mass is 19.1. The molecule has 4 aromatic rings. The second kappa shape index (κ2) is 9.33. The number of hydrogen-bond donors (Lipinski definition) is 1. The lowest BCUT2D eigenvalue weighted by Gasteiger charge is -2.19. The van der Waals surface area contributed by atoms with E-state index in [-0.39, 0.29) is 18.5 Å². The average molecular weight is 403 g/mol. The van der Waals surface area contributed by atoms with E-state index in [0.717, 1.165) is 11.1 Å². The van der Waals surface area contributed by atoms with Gasteiger partial charge in [0.25, 0.3) is 0 Å². The van der Waals surface area contributed by atoms with Gasteiger partial charge in [0.05, 0.1) is 12.6 Å². The Hall–Kier alpha value is -3.51. The highest BCUT2D eigenvalue weighted by molar-refractivity contribution is 5.33. The van der Waals surface area contributed by atoms with Crippen LogP contribution in [0.15, 0.2) is 83.4 Å². The summed E-state index contributed by atoms with van der Waals surface area (Å²) in [6.45, 7) is 2.63. The first kappa shape index (κ1) is 19.8. The Kier molecular flexibility index (Phi) is 6.15. The molecule has 0 bridgehead atoms. The van der Waals surface area contributed by atoms with Crippen LogP contribution in [-0.4, -0.2) is 10.1 Å². The standard InChI is InChI=1S/C24H22FN3O2/c1-17-7-9-19(10-8-17)24(18-5-3-2-4-6-18)26-15-23-27-22(28-30-23)16-29-21-13-11-20(25)12-14-21/h2-14,24,26H,15-16H2,1H3/t24-/m0/s1. The van der Waals surface area contributed by atoms with Gasteiger partial charge < -0.3 is 9.26 Å². The third kappa shape index (κ3) is 5.10. The fourth-order valence-corrected chi connectivity index (χ4v) is 3.12. The van der Waals surface area contributed by atoms with E-state index in [1.807, 2.05) is 18.2 Å². The monoisotopic (exact) mass is 403 g/mol. The SMILES string of the molecule is Cc1ccc([C@@H](NCc2nc(COc3ccc(F)cc3)no2)c2ccccc2)cc1. The van der Waals surface area contributed by atoms with Crippen molar-refractivity contribution >= 4 is 0 Å². The Morgan fingerprint density at radius 2 is 1.63 bits per heavy atom. The minimum absolute atomic E-state index is 0.00221. The Morgan fingerprint density at radius 3 is 2.37 bits per heavy atom. The number of hydrogen-bond acceptors (Lipinski definition) is 5. The molecule has 30 heavy (non-hydrogen) atoms. The van der Waals surface area contributed by atoms with Crippen LogP contribution in [0.1, 0.15) is 34.4 Å². The molecule has 0 amide bonds. The lowest BCUT2D eigenvalue weighted by Crippen LogP contribution is -2.22. The van der Waals surface area contributed by atoms with Crippen molar-refractivity contribution in [1.29, 1.82) is 0 Å². The molecular weight excluding hydrogens is 381 g/mol. The second-order valence-corrected chi connectivity index (χ2v) is 6.98. The van der Waals surface area contributed by atoms with Crippen LogP contribution in [-0.2, 0) is 13.2 Å². The predicted octanol–water partition coefficient (Wildman–Crippen LogP) is 4.98. The first-order valence-electron chi connectivity index (χ1n) is 9.72. The van der Waals surface area contributed by atoms with Crippen molar-refractivity contribution in [2.45, 2.75) is 26.1 Å². The fraction of sp³-hybridized carbons (Fsp3) is 0.167. The Morgan fingerprint density at radius 1 is 0.933 bits per heavy atom. The van der Waals surface area contributed by atoms with E-state index in [1.54, 1.807) is 12.1 Å². The molecule has 0 aliphatic carbocycles. The van der Waals surface area contributed by atoms with Gasteiger partial charge in [0.2, 0.25) is 11.7 Å². The summed E-state index contributed by atoms with van der Waals surface area (Å²) in [5, 5.41) is 7.46. The van der Waals surface area contributed by atoms with E-state index in [4.69, 9.17) is 9.26 Å². The summed E-state index contributed by atoms with van der Waals surface area (Å²) in [4.78, 5) is 4.38. The van der Waals surface area contributed by atoms with Crippen LogP contribution >= 0.6 is 0 Å². The van der Waals surface area contributed by atoms with Crippen LogP contribution in [0.4, 0.5) is 4.39 Å². The zero-order valence-corrected chi connectivity index (χ0v) is 16.6. The molecule has 0 saturated heterocycles. The number of rotatable bonds is 8. The third-order valence-corrected chi connectivity index (χ3v) is 4.69. The van der Waals surface area contributed by atoms with Gasteiger partial charge >= 0.3 is 0 Å². The van der Waals surface area contributed by atoms with Gasteiger partial charge in [-0.25, -0.2) is 4.39 Å². The summed E-state index contributed by atoms with van der Waals surface area (Å²) >= 11 is 0. The smallest absolute Gasteiger partial charge is 0.240 e. The van der Waals surface area contributed by atoms with E-state index in [1.165, 1.54) is 17.7 Å². The van der Waals surface area contributed by atoms with E-state index >= 15 is 0 Å². The molecule has 152 valence electrons. The summed E-state index contributed by atoms with van der Waals surface area (Å²) in [7, 11) is 0. The van der Waals surface area contributed by atoms with Gasteiger partial charge in [-0.05, 0) is 42.3 Å². The lowest BCUT2D eigenvalue weighted by atomic mass is 9.98. The van der Waals surface area contributed by atoms with Crippen molar-refractivity contribution in [3.05, 3.63) is 113 Å². The fourth-order valence-electron chi connectivity index (χ4n) is 3.12. The Labute approximate surface area is 174 Å². The largest absolute Gasteiger partial charge is 0.485 e. The molecule has 1 aromatic heterocycles. The molecule has 0 spiro atoms. The van der Waals surface area contributed by atoms with Crippen molar-refractivity contribution in [2.75, 3.05) is 0 Å². The molecule has 0 fully saturated rings. The van der Waals surface area contributed by atoms with E-state index < -0.39 is 0 Å². The molecule has 0 aliphatic heterocycles. The molecule has 3 aromatic carbocycles. The van der Waals surface area contributed by atoms with Gasteiger partial charge in [-0.3, -0.25) is 5.32 Å². The van der Waals surface area contributed by atoms with Crippen LogP contribution in [0.25, 0.3) is 0 Å². The van der Waals surface area contributed by atoms with Crippen LogP contribution in [0.2, 0.25) is 0 Å². The number of aromatic nitrogens is 2. The first-order valence-corrected chi connectivity index (χ1v) is 9.72. The number of aryl methyl sites for hydroxylation is 1. The van der Waals surface area contributed by atoms with Crippen molar-refractivity contribution < 1.29 is 13.7 Å². The van der Waals surface area contributed by atoms with E-state index in [9.17, 15) is 4.39 Å². The maximum absolute atomic E-state index is 13.0. The topological polar surface area (TPSA) is 60.2 Å². The quantitative estimate of drug-likeness (QED) is 0.450. The molecule has 1 atom stereocenters. The lowest BCUT2D eigenvalue weighted by molar-refractivity contribution is 0.284. The zero-order valence-electron chi connectivity index (χ0n) is 16.6. The van der Waals surface area contributed by atoms with Gasteiger partial charge in [0.1, 0.15) is 11.6 Å². The number of ether oxygens (including phenoxy) is 1. The minimum Gasteiger partial charge on any atom is -0.485 e. The van der Waals surface area contributed by atoms with Crippen LogP contribution in [0.3, 0.4) is 0 Å². The maximum Gasteiger partial charge on any atom is 0.240 e. The molecule has 1 heterocycles. The number of nitrogens with one attached hydrogen (secondary N) is 1. The molecule has 0 radical (unpaired) electrons. The highest BCUT2D eigenvalue weighted by Crippen LogP contribution is 2.23. The number of benzene rings is 3. The predicted molar refractivity (Wildman–Crippen MR) is 111 cm³/mol. The molecular formula is C24H22FN3O2. The van der Waals surface area contributed by atoms with E-state index in [0.29, 0.717) is 24.0 Å². The molecule has 5 nitrogen and oxygen atoms in total. The number of halogens is 1. The van der Waals surface area contributed by atoms with E-state index in [2.05, 4.69) is 58.8 Å². The Balaban J connectivity index is 1.41. The van der Waals surface area contributed by atoms with Gasteiger partial charge in [-0.15, -0.1) is 0 Å². The minimum atomic E-state index is -0.309. The summed E-state index contributed by atoms with van der Waals surface area (Å²) < 4.78 is 23.9. The van der Waals surface area contributed by atoms with Gasteiger partial charge in [-0.1, -0.05) is 65.3 Å². The molecule has 0 unspecified atom stereocenters. The van der Waals surface area contributed by atoms with Crippen molar-refractivity contribution in [1.82, 2.24) is 15.5 Å². The summed E-state index contributed by atoms with van der Waals surface area (Å²) in [6, 6.07) is 24.5. The highest BCUT2D eigenvalue weighted by Gasteiger charge is 2.15. The summed E-state index contributed by atoms with van der Waals surface area (Å²) in [6.07, 6.45) is 0. The van der Waals surface area contributed by atoms with Crippen LogP contribution in [0, 0.1) is 12.7 Å². The van der Waals surface area contributed by atoms with Crippen molar-refractivity contribution in [3.8, 4) is 5.75 Å². The summed E-state index contributed by atoms with van der Waals surface area (Å²) in [5.41, 5.74) is 3.53. The normalized spacial score (nSPS) is 11.9. The molecule has 6 heteroatoms. The molecule has 1 N–H and O–H groups in total. The second-order valence-electron chi connectivity index (χ2n) is 6.98. The third-order valence-electron chi connectivity index (χ3n) is 4.69. The molecule has 0 saturated carbocycles. The van der Waals surface area contributed by atoms with Gasteiger partial charge in [0.15, 0.2) is 6.61 Å². The van der Waals surface area contributed by atoms with Crippen LogP contribution < -0.4 is 10.1 Å². The van der Waals surface area contributed by atoms with Crippen molar-refractivity contribution in [3.63, 3.8) is 0 Å². The molecule has 4 rings (SSSR count). The zero-order chi connectivity index (χ0) is 20.8. The first-order chi connectivity index (χ1) is 14.7. The maximum atomic E-state index is 13.0. The summed E-state index contributed by atoms with van der Waals surface area (Å²) in [5.74, 6) is 1.14. The Bertz CT molecular complexity index is 1060. The molecule has 0 aliphatic rings. The van der Waals surface area contributed by atoms with Gasteiger partial charge in [0, 0.05) is 0 Å². The van der Waals surface area contributed by atoms with Gasteiger partial charge in [-0.2, -0.15) is 4.98 Å². The number of nitrogens with zero attached hydrogens (tertiary/aromatic N) is 2. The average Bonchev–Trinajstić information content (AvgIpc) is 3.23. The van der Waals surface area contributed by atoms with Crippen molar-refractivity contribution in [2.24, 2.45) is 0 Å². The van der Waals surface area contributed by atoms with Crippen LogP contribution in [0.5, 0.6) is 5.75 Å².